The minimum absolute atomic E-state index is 0.333. The van der Waals surface area contributed by atoms with Crippen molar-refractivity contribution in [1.82, 2.24) is 9.97 Å². The molecule has 3 heteroatoms. The van der Waals surface area contributed by atoms with Gasteiger partial charge < -0.3 is 0 Å². The Labute approximate surface area is 165 Å². The lowest BCUT2D eigenvalue weighted by molar-refractivity contribution is 0.744. The molecule has 0 saturated heterocycles. The number of fused-ring (bicyclic) bond motifs is 2. The van der Waals surface area contributed by atoms with Crippen LogP contribution in [0.4, 0.5) is 0 Å². The third-order valence-electron chi connectivity index (χ3n) is 5.36. The lowest BCUT2D eigenvalue weighted by Gasteiger charge is -2.13. The highest BCUT2D eigenvalue weighted by molar-refractivity contribution is 5.81. The van der Waals surface area contributed by atoms with E-state index in [2.05, 4.69) is 80.4 Å². The maximum absolute atomic E-state index is 9.03. The van der Waals surface area contributed by atoms with Gasteiger partial charge in [-0.3, -0.25) is 9.97 Å². The number of nitriles is 1. The zero-order valence-electron chi connectivity index (χ0n) is 16.5. The van der Waals surface area contributed by atoms with Gasteiger partial charge in [0, 0.05) is 22.7 Å². The molecule has 1 atom stereocenters. The molecule has 0 aliphatic carbocycles. The molecule has 4 aromatic rings. The molecule has 0 fully saturated rings. The van der Waals surface area contributed by atoms with Crippen LogP contribution in [0, 0.1) is 11.3 Å². The van der Waals surface area contributed by atoms with Gasteiger partial charge in [-0.15, -0.1) is 0 Å². The predicted octanol–water partition coefficient (Wildman–Crippen LogP) is 6.12. The molecule has 2 aromatic heterocycles. The average molecular weight is 365 g/mol. The van der Waals surface area contributed by atoms with Crippen LogP contribution in [0.3, 0.4) is 0 Å². The fourth-order valence-electron chi connectivity index (χ4n) is 3.59. The molecule has 0 saturated carbocycles. The maximum atomic E-state index is 9.03. The monoisotopic (exact) mass is 365 g/mol. The van der Waals surface area contributed by atoms with Crippen molar-refractivity contribution in [3.63, 3.8) is 0 Å². The molecular formula is C25H23N3. The standard InChI is InChI=1S/C25H23N3/c1-16(2)20-5-4-19-8-9-23(28-25(19)12-20)10-17(3)21-6-7-22-11-18(14-26)15-27-24(22)13-21/h4-9,11-13,15-17H,10H2,1-3H3. The van der Waals surface area contributed by atoms with Gasteiger partial charge in [-0.1, -0.05) is 51.1 Å². The molecule has 0 N–H and O–H groups in total. The van der Waals surface area contributed by atoms with Gasteiger partial charge in [0.15, 0.2) is 0 Å². The SMILES string of the molecule is CC(C)c1ccc2ccc(CC(C)c3ccc4cc(C#N)cnc4c3)nc2c1. The predicted molar refractivity (Wildman–Crippen MR) is 114 cm³/mol. The molecule has 0 radical (unpaired) electrons. The Bertz CT molecular complexity index is 1200. The van der Waals surface area contributed by atoms with Crippen molar-refractivity contribution in [2.24, 2.45) is 0 Å². The Kier molecular flexibility index (Phi) is 4.79. The van der Waals surface area contributed by atoms with Crippen LogP contribution >= 0.6 is 0 Å². The van der Waals surface area contributed by atoms with Gasteiger partial charge in [0.05, 0.1) is 16.6 Å². The summed E-state index contributed by atoms with van der Waals surface area (Å²) in [5.74, 6) is 0.834. The zero-order valence-corrected chi connectivity index (χ0v) is 16.5. The molecular weight excluding hydrogens is 342 g/mol. The highest BCUT2D eigenvalue weighted by Crippen LogP contribution is 2.25. The van der Waals surface area contributed by atoms with Gasteiger partial charge in [0.25, 0.3) is 0 Å². The molecule has 0 aliphatic rings. The third-order valence-corrected chi connectivity index (χ3v) is 5.36. The Morgan fingerprint density at radius 1 is 0.857 bits per heavy atom. The minimum atomic E-state index is 0.333. The van der Waals surface area contributed by atoms with Crippen molar-refractivity contribution in [2.75, 3.05) is 0 Å². The van der Waals surface area contributed by atoms with E-state index in [0.29, 0.717) is 17.4 Å². The van der Waals surface area contributed by atoms with Crippen molar-refractivity contribution in [2.45, 2.75) is 39.0 Å². The highest BCUT2D eigenvalue weighted by Gasteiger charge is 2.10. The summed E-state index contributed by atoms with van der Waals surface area (Å²) >= 11 is 0. The van der Waals surface area contributed by atoms with Crippen LogP contribution in [0.2, 0.25) is 0 Å². The zero-order chi connectivity index (χ0) is 19.7. The fraction of sp³-hybridized carbons (Fsp3) is 0.240. The molecule has 2 aromatic carbocycles. The van der Waals surface area contributed by atoms with Crippen LogP contribution in [0.25, 0.3) is 21.8 Å². The first-order valence-corrected chi connectivity index (χ1v) is 9.73. The number of hydrogen-bond donors (Lipinski definition) is 0. The first kappa shape index (κ1) is 18.1. The molecule has 138 valence electrons. The summed E-state index contributed by atoms with van der Waals surface area (Å²) in [7, 11) is 0. The largest absolute Gasteiger partial charge is 0.255 e. The Balaban J connectivity index is 1.61. The van der Waals surface area contributed by atoms with Crippen LogP contribution in [-0.4, -0.2) is 9.97 Å². The maximum Gasteiger partial charge on any atom is 0.101 e. The second-order valence-electron chi connectivity index (χ2n) is 7.80. The summed E-state index contributed by atoms with van der Waals surface area (Å²) in [6.45, 7) is 6.64. The Morgan fingerprint density at radius 3 is 2.36 bits per heavy atom. The number of benzene rings is 2. The molecule has 0 amide bonds. The molecule has 0 spiro atoms. The van der Waals surface area contributed by atoms with Gasteiger partial charge in [0.2, 0.25) is 0 Å². The van der Waals surface area contributed by atoms with Gasteiger partial charge in [-0.2, -0.15) is 5.26 Å². The van der Waals surface area contributed by atoms with E-state index in [1.165, 1.54) is 16.5 Å². The number of aromatic nitrogens is 2. The lowest BCUT2D eigenvalue weighted by atomic mass is 9.94. The Hall–Kier alpha value is -3.25. The van der Waals surface area contributed by atoms with Crippen molar-refractivity contribution in [3.05, 3.63) is 83.2 Å². The summed E-state index contributed by atoms with van der Waals surface area (Å²) in [5, 5.41) is 11.2. The van der Waals surface area contributed by atoms with E-state index in [1.54, 1.807) is 6.20 Å². The number of rotatable bonds is 4. The van der Waals surface area contributed by atoms with E-state index in [4.69, 9.17) is 10.2 Å². The van der Waals surface area contributed by atoms with Crippen molar-refractivity contribution in [3.8, 4) is 6.07 Å². The summed E-state index contributed by atoms with van der Waals surface area (Å²) in [6, 6.07) is 21.2. The lowest BCUT2D eigenvalue weighted by Crippen LogP contribution is -2.01. The fourth-order valence-corrected chi connectivity index (χ4v) is 3.59. The van der Waals surface area contributed by atoms with E-state index in [9.17, 15) is 0 Å². The molecule has 28 heavy (non-hydrogen) atoms. The third kappa shape index (κ3) is 3.59. The van der Waals surface area contributed by atoms with Gasteiger partial charge in [0.1, 0.15) is 6.07 Å². The molecule has 4 rings (SSSR count). The summed E-state index contributed by atoms with van der Waals surface area (Å²) in [5.41, 5.74) is 6.25. The first-order chi connectivity index (χ1) is 13.5. The van der Waals surface area contributed by atoms with Crippen LogP contribution < -0.4 is 0 Å². The normalized spacial score (nSPS) is 12.4. The van der Waals surface area contributed by atoms with Crippen LogP contribution in [0.1, 0.15) is 55.0 Å². The van der Waals surface area contributed by atoms with Crippen molar-refractivity contribution < 1.29 is 0 Å². The van der Waals surface area contributed by atoms with Crippen LogP contribution in [0.15, 0.2) is 60.8 Å². The molecule has 0 bridgehead atoms. The second-order valence-corrected chi connectivity index (χ2v) is 7.80. The van der Waals surface area contributed by atoms with E-state index in [0.717, 1.165) is 28.5 Å². The van der Waals surface area contributed by atoms with Gasteiger partial charge in [-0.05, 0) is 53.6 Å². The van der Waals surface area contributed by atoms with E-state index < -0.39 is 0 Å². The molecule has 3 nitrogen and oxygen atoms in total. The summed E-state index contributed by atoms with van der Waals surface area (Å²) in [6.07, 6.45) is 2.51. The topological polar surface area (TPSA) is 49.6 Å². The van der Waals surface area contributed by atoms with Crippen molar-refractivity contribution in [1.29, 1.82) is 5.26 Å². The first-order valence-electron chi connectivity index (χ1n) is 9.73. The van der Waals surface area contributed by atoms with Crippen molar-refractivity contribution >= 4 is 21.8 Å². The van der Waals surface area contributed by atoms with Gasteiger partial charge >= 0.3 is 0 Å². The van der Waals surface area contributed by atoms with Crippen LogP contribution in [-0.2, 0) is 6.42 Å². The minimum Gasteiger partial charge on any atom is -0.255 e. The molecule has 2 heterocycles. The second kappa shape index (κ2) is 7.40. The summed E-state index contributed by atoms with van der Waals surface area (Å²) in [4.78, 5) is 9.35. The van der Waals surface area contributed by atoms with E-state index in [-0.39, 0.29) is 0 Å². The van der Waals surface area contributed by atoms with E-state index >= 15 is 0 Å². The summed E-state index contributed by atoms with van der Waals surface area (Å²) < 4.78 is 0. The highest BCUT2D eigenvalue weighted by atomic mass is 14.7. The smallest absolute Gasteiger partial charge is 0.101 e. The number of nitrogens with zero attached hydrogens (tertiary/aromatic N) is 3. The quantitative estimate of drug-likeness (QED) is 0.437. The Morgan fingerprint density at radius 2 is 1.57 bits per heavy atom. The average Bonchev–Trinajstić information content (AvgIpc) is 2.72. The van der Waals surface area contributed by atoms with Crippen LogP contribution in [0.5, 0.6) is 0 Å². The molecule has 1 unspecified atom stereocenters. The van der Waals surface area contributed by atoms with E-state index in [1.807, 2.05) is 6.07 Å². The molecule has 0 aliphatic heterocycles. The number of hydrogen-bond acceptors (Lipinski definition) is 3. The number of pyridine rings is 2. The van der Waals surface area contributed by atoms with Gasteiger partial charge in [-0.25, -0.2) is 0 Å².